The van der Waals surface area contributed by atoms with Crippen LogP contribution in [0, 0.1) is 0 Å². The van der Waals surface area contributed by atoms with Crippen molar-refractivity contribution in [1.29, 1.82) is 0 Å². The average Bonchev–Trinajstić information content (AvgIpc) is 2.78. The molecule has 1 unspecified atom stereocenters. The molecule has 0 bridgehead atoms. The summed E-state index contributed by atoms with van der Waals surface area (Å²) in [7, 11) is 0. The second kappa shape index (κ2) is 7.41. The van der Waals surface area contributed by atoms with Crippen LogP contribution < -0.4 is 9.47 Å². The lowest BCUT2D eigenvalue weighted by atomic mass is 9.90. The Balaban J connectivity index is 1.77. The predicted molar refractivity (Wildman–Crippen MR) is 121 cm³/mol. The highest BCUT2D eigenvalue weighted by atomic mass is 16.5. The number of rotatable bonds is 3. The summed E-state index contributed by atoms with van der Waals surface area (Å²) in [6.07, 6.45) is 1.06. The molecule has 0 amide bonds. The number of hydrogen-bond acceptors (Lipinski definition) is 5. The van der Waals surface area contributed by atoms with Crippen LogP contribution in [0.1, 0.15) is 44.4 Å². The molecule has 3 aromatic carbocycles. The minimum atomic E-state index is -0.632. The third kappa shape index (κ3) is 3.34. The van der Waals surface area contributed by atoms with Crippen LogP contribution in [-0.2, 0) is 16.0 Å². The maximum absolute atomic E-state index is 12.8. The van der Waals surface area contributed by atoms with Gasteiger partial charge in [-0.3, -0.25) is 0 Å². The number of hydrogen-bond donors (Lipinski definition) is 0. The van der Waals surface area contributed by atoms with E-state index in [1.54, 1.807) is 6.92 Å². The molecule has 0 aliphatic carbocycles. The second-order valence-corrected chi connectivity index (χ2v) is 8.52. The highest BCUT2D eigenvalue weighted by molar-refractivity contribution is 6.39. The van der Waals surface area contributed by atoms with Crippen molar-refractivity contribution in [1.82, 2.24) is 0 Å². The molecular weight excluding hydrogens is 390 g/mol. The third-order valence-electron chi connectivity index (χ3n) is 5.85. The monoisotopic (exact) mass is 415 g/mol. The van der Waals surface area contributed by atoms with Crippen LogP contribution >= 0.6 is 0 Å². The van der Waals surface area contributed by atoms with Gasteiger partial charge in [-0.25, -0.2) is 9.79 Å². The smallest absolute Gasteiger partial charge is 0.356 e. The first-order valence-corrected chi connectivity index (χ1v) is 10.7. The fourth-order valence-corrected chi connectivity index (χ4v) is 4.32. The van der Waals surface area contributed by atoms with E-state index < -0.39 is 12.1 Å². The van der Waals surface area contributed by atoms with Crippen LogP contribution in [0.25, 0.3) is 10.8 Å². The van der Waals surface area contributed by atoms with Gasteiger partial charge in [0.25, 0.3) is 0 Å². The van der Waals surface area contributed by atoms with Crippen LogP contribution in [-0.4, -0.2) is 23.9 Å². The number of esters is 1. The van der Waals surface area contributed by atoms with E-state index in [0.29, 0.717) is 11.4 Å². The van der Waals surface area contributed by atoms with Crippen molar-refractivity contribution >= 4 is 28.1 Å². The Morgan fingerprint density at radius 3 is 2.52 bits per heavy atom. The van der Waals surface area contributed by atoms with E-state index in [0.717, 1.165) is 40.5 Å². The average molecular weight is 415 g/mol. The summed E-state index contributed by atoms with van der Waals surface area (Å²) < 4.78 is 18.3. The standard InChI is InChI=1S/C26H25NO4/c1-4-29-25(28)21-22(16-10-6-5-7-11-16)30-24-19-14-15-26(2,3)31-23(19)18-13-9-8-12-17(18)20(24)27-21/h5-13,22H,4,14-15H2,1-3H3. The maximum atomic E-state index is 12.8. The molecule has 2 aliphatic rings. The van der Waals surface area contributed by atoms with Crippen molar-refractivity contribution in [2.45, 2.75) is 45.3 Å². The Bertz CT molecular complexity index is 1200. The molecule has 2 heterocycles. The van der Waals surface area contributed by atoms with Gasteiger partial charge in [-0.05, 0) is 39.2 Å². The Kier molecular flexibility index (Phi) is 4.69. The topological polar surface area (TPSA) is 57.1 Å². The van der Waals surface area contributed by atoms with Crippen molar-refractivity contribution in [3.63, 3.8) is 0 Å². The molecular formula is C26H25NO4. The maximum Gasteiger partial charge on any atom is 0.356 e. The van der Waals surface area contributed by atoms with Gasteiger partial charge >= 0.3 is 5.97 Å². The lowest BCUT2D eigenvalue weighted by molar-refractivity contribution is -0.135. The van der Waals surface area contributed by atoms with Crippen LogP contribution in [0.3, 0.4) is 0 Å². The van der Waals surface area contributed by atoms with E-state index in [2.05, 4.69) is 13.8 Å². The number of carbonyl (C=O) groups is 1. The molecule has 0 radical (unpaired) electrons. The number of ether oxygens (including phenoxy) is 3. The molecule has 5 nitrogen and oxygen atoms in total. The van der Waals surface area contributed by atoms with Gasteiger partial charge in [0, 0.05) is 16.3 Å². The molecule has 0 saturated carbocycles. The van der Waals surface area contributed by atoms with Crippen molar-refractivity contribution in [3.8, 4) is 11.5 Å². The normalized spacial score (nSPS) is 18.8. The zero-order valence-corrected chi connectivity index (χ0v) is 18.0. The Morgan fingerprint density at radius 1 is 1.06 bits per heavy atom. The summed E-state index contributed by atoms with van der Waals surface area (Å²) in [4.78, 5) is 17.7. The van der Waals surface area contributed by atoms with Crippen LogP contribution in [0.15, 0.2) is 59.6 Å². The van der Waals surface area contributed by atoms with E-state index in [1.807, 2.05) is 54.6 Å². The third-order valence-corrected chi connectivity index (χ3v) is 5.85. The quantitative estimate of drug-likeness (QED) is 0.514. The van der Waals surface area contributed by atoms with E-state index in [9.17, 15) is 4.79 Å². The predicted octanol–water partition coefficient (Wildman–Crippen LogP) is 5.71. The van der Waals surface area contributed by atoms with Gasteiger partial charge in [-0.2, -0.15) is 0 Å². The van der Waals surface area contributed by atoms with Crippen LogP contribution in [0.5, 0.6) is 11.5 Å². The van der Waals surface area contributed by atoms with Gasteiger partial charge < -0.3 is 14.2 Å². The molecule has 158 valence electrons. The molecule has 31 heavy (non-hydrogen) atoms. The van der Waals surface area contributed by atoms with E-state index in [-0.39, 0.29) is 17.9 Å². The number of fused-ring (bicyclic) bond motifs is 6. The lowest BCUT2D eigenvalue weighted by Gasteiger charge is -2.36. The van der Waals surface area contributed by atoms with E-state index in [1.165, 1.54) is 0 Å². The summed E-state index contributed by atoms with van der Waals surface area (Å²) in [6.45, 7) is 6.28. The number of nitrogens with zero attached hydrogens (tertiary/aromatic N) is 1. The Labute approximate surface area is 181 Å². The van der Waals surface area contributed by atoms with E-state index >= 15 is 0 Å². The minimum Gasteiger partial charge on any atom is -0.487 e. The van der Waals surface area contributed by atoms with Crippen LogP contribution in [0.2, 0.25) is 0 Å². The van der Waals surface area contributed by atoms with Gasteiger partial charge in [-0.1, -0.05) is 54.6 Å². The Hall–Kier alpha value is -3.34. The SMILES string of the molecule is CCOC(=O)C1=Nc2c(c3c(c4ccccc24)OC(C)(C)CC3)OC1c1ccccc1. The zero-order valence-electron chi connectivity index (χ0n) is 18.0. The van der Waals surface area contributed by atoms with Crippen molar-refractivity contribution in [2.24, 2.45) is 4.99 Å². The first kappa shape index (κ1) is 19.6. The van der Waals surface area contributed by atoms with Crippen molar-refractivity contribution in [2.75, 3.05) is 6.61 Å². The molecule has 2 aliphatic heterocycles. The van der Waals surface area contributed by atoms with Gasteiger partial charge in [0.1, 0.15) is 17.0 Å². The molecule has 5 heteroatoms. The largest absolute Gasteiger partial charge is 0.487 e. The van der Waals surface area contributed by atoms with Crippen molar-refractivity contribution < 1.29 is 19.0 Å². The van der Waals surface area contributed by atoms with Gasteiger partial charge in [0.05, 0.1) is 6.61 Å². The van der Waals surface area contributed by atoms with Gasteiger partial charge in [0.15, 0.2) is 17.6 Å². The van der Waals surface area contributed by atoms with Crippen molar-refractivity contribution in [3.05, 3.63) is 65.7 Å². The Morgan fingerprint density at radius 2 is 1.77 bits per heavy atom. The summed E-state index contributed by atoms with van der Waals surface area (Å²) in [5, 5.41) is 1.89. The minimum absolute atomic E-state index is 0.253. The first-order valence-electron chi connectivity index (χ1n) is 10.7. The van der Waals surface area contributed by atoms with Gasteiger partial charge in [-0.15, -0.1) is 0 Å². The summed E-state index contributed by atoms with van der Waals surface area (Å²) in [6, 6.07) is 17.7. The summed E-state index contributed by atoms with van der Waals surface area (Å²) in [5.41, 5.74) is 2.56. The molecule has 3 aromatic rings. The molecule has 0 aromatic heterocycles. The molecule has 5 rings (SSSR count). The zero-order chi connectivity index (χ0) is 21.6. The molecule has 0 fully saturated rings. The molecule has 0 saturated heterocycles. The second-order valence-electron chi connectivity index (χ2n) is 8.52. The van der Waals surface area contributed by atoms with Crippen LogP contribution in [0.4, 0.5) is 5.69 Å². The summed E-state index contributed by atoms with van der Waals surface area (Å²) in [5.74, 6) is 1.10. The highest BCUT2D eigenvalue weighted by Gasteiger charge is 2.38. The van der Waals surface area contributed by atoms with E-state index in [4.69, 9.17) is 19.2 Å². The fraction of sp³-hybridized carbons (Fsp3) is 0.308. The molecule has 1 atom stereocenters. The molecule has 0 N–H and O–H groups in total. The lowest BCUT2D eigenvalue weighted by Crippen LogP contribution is -2.34. The molecule has 0 spiro atoms. The number of aliphatic imine (C=N–C) groups is 1. The number of carbonyl (C=O) groups excluding carboxylic acids is 1. The van der Waals surface area contributed by atoms with Gasteiger partial charge in [0.2, 0.25) is 0 Å². The highest BCUT2D eigenvalue weighted by Crippen LogP contribution is 2.52. The summed E-state index contributed by atoms with van der Waals surface area (Å²) >= 11 is 0. The number of benzene rings is 3. The first-order chi connectivity index (χ1) is 15.0. The fourth-order valence-electron chi connectivity index (χ4n) is 4.32.